The van der Waals surface area contributed by atoms with Crippen molar-refractivity contribution in [3.05, 3.63) is 28.7 Å². The predicted octanol–water partition coefficient (Wildman–Crippen LogP) is 1.44. The Labute approximate surface area is 92.6 Å². The van der Waals surface area contributed by atoms with Crippen LogP contribution in [0.4, 0.5) is 0 Å². The van der Waals surface area contributed by atoms with Gasteiger partial charge in [0.05, 0.1) is 10.6 Å². The van der Waals surface area contributed by atoms with E-state index in [1.54, 1.807) is 31.3 Å². The monoisotopic (exact) mass is 277 g/mol. The zero-order valence-electron chi connectivity index (χ0n) is 7.83. The molecule has 0 heterocycles. The van der Waals surface area contributed by atoms with Crippen molar-refractivity contribution in [2.24, 2.45) is 0 Å². The average molecular weight is 278 g/mol. The number of rotatable bonds is 4. The first kappa shape index (κ1) is 11.7. The van der Waals surface area contributed by atoms with Crippen LogP contribution >= 0.6 is 15.9 Å². The highest BCUT2D eigenvalue weighted by Crippen LogP contribution is 2.21. The van der Waals surface area contributed by atoms with Crippen molar-refractivity contribution >= 4 is 25.8 Å². The fourth-order valence-corrected chi connectivity index (χ4v) is 3.41. The normalized spacial score (nSPS) is 11.6. The third-order valence-corrected chi connectivity index (χ3v) is 4.51. The van der Waals surface area contributed by atoms with E-state index in [9.17, 15) is 8.42 Å². The highest BCUT2D eigenvalue weighted by atomic mass is 79.9. The Kier molecular flexibility index (Phi) is 4.10. The van der Waals surface area contributed by atoms with E-state index in [-0.39, 0.29) is 5.75 Å². The molecule has 0 aliphatic rings. The highest BCUT2D eigenvalue weighted by molar-refractivity contribution is 9.10. The first-order valence-corrected chi connectivity index (χ1v) is 6.64. The molecule has 0 aliphatic carbocycles. The smallest absolute Gasteiger partial charge is 0.180 e. The second-order valence-corrected chi connectivity index (χ2v) is 5.78. The summed E-state index contributed by atoms with van der Waals surface area (Å²) < 4.78 is 24.1. The van der Waals surface area contributed by atoms with Gasteiger partial charge in [-0.1, -0.05) is 12.1 Å². The minimum atomic E-state index is -3.16. The van der Waals surface area contributed by atoms with Gasteiger partial charge in [0.1, 0.15) is 0 Å². The molecular weight excluding hydrogens is 266 g/mol. The maximum Gasteiger partial charge on any atom is 0.180 e. The summed E-state index contributed by atoms with van der Waals surface area (Å²) in [6.45, 7) is 0.462. The summed E-state index contributed by atoms with van der Waals surface area (Å²) in [4.78, 5) is 0.357. The van der Waals surface area contributed by atoms with Crippen LogP contribution in [-0.2, 0) is 9.84 Å². The van der Waals surface area contributed by atoms with E-state index in [1.165, 1.54) is 0 Å². The molecular formula is C9H12BrNO2S. The van der Waals surface area contributed by atoms with Crippen LogP contribution in [-0.4, -0.2) is 27.8 Å². The van der Waals surface area contributed by atoms with Gasteiger partial charge in [-0.05, 0) is 35.1 Å². The molecule has 5 heteroatoms. The van der Waals surface area contributed by atoms with Gasteiger partial charge in [0.25, 0.3) is 0 Å². The molecule has 0 saturated heterocycles. The molecule has 14 heavy (non-hydrogen) atoms. The summed E-state index contributed by atoms with van der Waals surface area (Å²) in [5.74, 6) is 0.117. The van der Waals surface area contributed by atoms with Gasteiger partial charge < -0.3 is 5.32 Å². The summed E-state index contributed by atoms with van der Waals surface area (Å²) in [7, 11) is -1.43. The number of hydrogen-bond acceptors (Lipinski definition) is 3. The van der Waals surface area contributed by atoms with Crippen molar-refractivity contribution in [1.29, 1.82) is 0 Å². The zero-order valence-corrected chi connectivity index (χ0v) is 10.2. The molecule has 0 unspecified atom stereocenters. The van der Waals surface area contributed by atoms with Crippen molar-refractivity contribution in [2.75, 3.05) is 19.3 Å². The van der Waals surface area contributed by atoms with Gasteiger partial charge in [-0.15, -0.1) is 0 Å². The standard InChI is InChI=1S/C9H12BrNO2S/c1-11-6-7-14(12,13)9-5-3-2-4-8(9)10/h2-5,11H,6-7H2,1H3. The minimum absolute atomic E-state index is 0.117. The molecule has 0 bridgehead atoms. The van der Waals surface area contributed by atoms with E-state index >= 15 is 0 Å². The molecule has 0 amide bonds. The third-order valence-electron chi connectivity index (χ3n) is 1.79. The fraction of sp³-hybridized carbons (Fsp3) is 0.333. The molecule has 1 aromatic carbocycles. The molecule has 1 aromatic rings. The lowest BCUT2D eigenvalue weighted by Gasteiger charge is -2.05. The molecule has 0 atom stereocenters. The second-order valence-electron chi connectivity index (χ2n) is 2.85. The van der Waals surface area contributed by atoms with Gasteiger partial charge >= 0.3 is 0 Å². The van der Waals surface area contributed by atoms with Crippen LogP contribution in [0.3, 0.4) is 0 Å². The summed E-state index contributed by atoms with van der Waals surface area (Å²) in [6.07, 6.45) is 0. The van der Waals surface area contributed by atoms with Crippen molar-refractivity contribution in [1.82, 2.24) is 5.32 Å². The van der Waals surface area contributed by atoms with Gasteiger partial charge in [0.2, 0.25) is 0 Å². The topological polar surface area (TPSA) is 46.2 Å². The highest BCUT2D eigenvalue weighted by Gasteiger charge is 2.15. The summed E-state index contributed by atoms with van der Waals surface area (Å²) in [5.41, 5.74) is 0. The molecule has 1 N–H and O–H groups in total. The van der Waals surface area contributed by atoms with Crippen LogP contribution in [0, 0.1) is 0 Å². The van der Waals surface area contributed by atoms with E-state index in [0.29, 0.717) is 15.9 Å². The Morgan fingerprint density at radius 3 is 2.57 bits per heavy atom. The van der Waals surface area contributed by atoms with Gasteiger partial charge in [-0.3, -0.25) is 0 Å². The Balaban J connectivity index is 2.99. The first-order chi connectivity index (χ1) is 6.58. The number of nitrogens with one attached hydrogen (secondary N) is 1. The van der Waals surface area contributed by atoms with Crippen molar-refractivity contribution < 1.29 is 8.42 Å². The molecule has 0 aromatic heterocycles. The number of hydrogen-bond donors (Lipinski definition) is 1. The Bertz CT molecular complexity index is 403. The van der Waals surface area contributed by atoms with Crippen LogP contribution in [0.25, 0.3) is 0 Å². The predicted molar refractivity (Wildman–Crippen MR) is 60.1 cm³/mol. The maximum absolute atomic E-state index is 11.7. The van der Waals surface area contributed by atoms with Crippen LogP contribution in [0.2, 0.25) is 0 Å². The largest absolute Gasteiger partial charge is 0.319 e. The lowest BCUT2D eigenvalue weighted by atomic mass is 10.4. The minimum Gasteiger partial charge on any atom is -0.319 e. The first-order valence-electron chi connectivity index (χ1n) is 4.20. The van der Waals surface area contributed by atoms with Crippen LogP contribution in [0.1, 0.15) is 0 Å². The Morgan fingerprint density at radius 1 is 1.36 bits per heavy atom. The van der Waals surface area contributed by atoms with Crippen LogP contribution in [0.5, 0.6) is 0 Å². The van der Waals surface area contributed by atoms with Crippen LogP contribution in [0.15, 0.2) is 33.6 Å². The second kappa shape index (κ2) is 4.91. The van der Waals surface area contributed by atoms with Gasteiger partial charge in [-0.2, -0.15) is 0 Å². The van der Waals surface area contributed by atoms with Gasteiger partial charge in [0, 0.05) is 11.0 Å². The van der Waals surface area contributed by atoms with Gasteiger partial charge in [0.15, 0.2) is 9.84 Å². The molecule has 0 spiro atoms. The number of sulfone groups is 1. The van der Waals surface area contributed by atoms with Crippen molar-refractivity contribution in [2.45, 2.75) is 4.90 Å². The SMILES string of the molecule is CNCCS(=O)(=O)c1ccccc1Br. The molecule has 0 fully saturated rings. The Morgan fingerprint density at radius 2 is 2.00 bits per heavy atom. The zero-order chi connectivity index (χ0) is 10.6. The van der Waals surface area contributed by atoms with E-state index < -0.39 is 9.84 Å². The van der Waals surface area contributed by atoms with Crippen LogP contribution < -0.4 is 5.32 Å². The average Bonchev–Trinajstić information content (AvgIpc) is 2.15. The molecule has 0 aliphatic heterocycles. The molecule has 0 saturated carbocycles. The summed E-state index contributed by atoms with van der Waals surface area (Å²) in [5, 5.41) is 2.82. The van der Waals surface area contributed by atoms with Gasteiger partial charge in [-0.25, -0.2) is 8.42 Å². The quantitative estimate of drug-likeness (QED) is 0.906. The van der Waals surface area contributed by atoms with E-state index in [0.717, 1.165) is 0 Å². The Hall–Kier alpha value is -0.390. The number of halogens is 1. The van der Waals surface area contributed by atoms with E-state index in [4.69, 9.17) is 0 Å². The summed E-state index contributed by atoms with van der Waals surface area (Å²) in [6, 6.07) is 6.85. The van der Waals surface area contributed by atoms with E-state index in [2.05, 4.69) is 21.2 Å². The van der Waals surface area contributed by atoms with E-state index in [1.807, 2.05) is 0 Å². The maximum atomic E-state index is 11.7. The number of benzene rings is 1. The summed E-state index contributed by atoms with van der Waals surface area (Å²) >= 11 is 3.22. The fourth-order valence-electron chi connectivity index (χ4n) is 1.04. The third kappa shape index (κ3) is 2.80. The molecule has 3 nitrogen and oxygen atoms in total. The van der Waals surface area contributed by atoms with Crippen molar-refractivity contribution in [3.63, 3.8) is 0 Å². The molecule has 0 radical (unpaired) electrons. The molecule has 1 rings (SSSR count). The molecule has 78 valence electrons. The van der Waals surface area contributed by atoms with Crippen molar-refractivity contribution in [3.8, 4) is 0 Å². The lowest BCUT2D eigenvalue weighted by Crippen LogP contribution is -2.19. The lowest BCUT2D eigenvalue weighted by molar-refractivity contribution is 0.593.